The molecule has 236 valence electrons. The Morgan fingerprint density at radius 1 is 1.18 bits per heavy atom. The predicted molar refractivity (Wildman–Crippen MR) is 169 cm³/mol. The molecule has 1 aliphatic rings. The molecule has 1 aliphatic carbocycles. The van der Waals surface area contributed by atoms with Gasteiger partial charge in [-0.05, 0) is 73.6 Å². The molecule has 8 heteroatoms. The molecule has 0 bridgehead atoms. The summed E-state index contributed by atoms with van der Waals surface area (Å²) < 4.78 is 46.5. The summed E-state index contributed by atoms with van der Waals surface area (Å²) in [6, 6.07) is 8.82. The van der Waals surface area contributed by atoms with E-state index in [-0.39, 0.29) is 28.0 Å². The van der Waals surface area contributed by atoms with Crippen LogP contribution in [0.5, 0.6) is 0 Å². The molecular formula is C36H44F3N3O2. The normalized spacial score (nSPS) is 22.3. The fourth-order valence-electron chi connectivity index (χ4n) is 4.73. The SMILES string of the molecule is C/C=C(\C=C/CC(O)NCCCC)O\C1=C/C(c2cc(C)cc(CC(F)(F)F)c2)=C(C#N)\C(C#N)=C/C=C/C(C(C)(C)C)C1. The number of hydrogen-bond acceptors (Lipinski definition) is 5. The molecule has 0 amide bonds. The molecule has 1 aromatic rings. The average molecular weight is 608 g/mol. The van der Waals surface area contributed by atoms with Crippen LogP contribution in [0.15, 0.2) is 83.4 Å². The van der Waals surface area contributed by atoms with Crippen molar-refractivity contribution in [3.8, 4) is 12.1 Å². The molecule has 0 spiro atoms. The largest absolute Gasteiger partial charge is 0.462 e. The van der Waals surface area contributed by atoms with E-state index in [0.717, 1.165) is 12.8 Å². The van der Waals surface area contributed by atoms with Crippen LogP contribution >= 0.6 is 0 Å². The predicted octanol–water partition coefficient (Wildman–Crippen LogP) is 8.91. The van der Waals surface area contributed by atoms with Crippen molar-refractivity contribution in [1.82, 2.24) is 5.32 Å². The zero-order valence-corrected chi connectivity index (χ0v) is 26.6. The summed E-state index contributed by atoms with van der Waals surface area (Å²) in [6.45, 7) is 12.6. The first-order chi connectivity index (χ1) is 20.7. The molecule has 0 aliphatic heterocycles. The number of nitrogens with zero attached hydrogens (tertiary/aromatic N) is 2. The minimum atomic E-state index is -4.41. The molecule has 2 rings (SSSR count). The lowest BCUT2D eigenvalue weighted by Crippen LogP contribution is -2.28. The second kappa shape index (κ2) is 16.9. The van der Waals surface area contributed by atoms with Gasteiger partial charge in [0.05, 0.1) is 17.6 Å². The Labute approximate surface area is 260 Å². The molecule has 44 heavy (non-hydrogen) atoms. The lowest BCUT2D eigenvalue weighted by molar-refractivity contribution is -0.127. The van der Waals surface area contributed by atoms with E-state index in [1.807, 2.05) is 13.0 Å². The summed E-state index contributed by atoms with van der Waals surface area (Å²) in [5, 5.41) is 33.5. The lowest BCUT2D eigenvalue weighted by Gasteiger charge is -2.29. The maximum atomic E-state index is 13.4. The van der Waals surface area contributed by atoms with Gasteiger partial charge in [0, 0.05) is 18.4 Å². The molecule has 0 aromatic heterocycles. The Kier molecular flexibility index (Phi) is 13.9. The van der Waals surface area contributed by atoms with E-state index in [1.54, 1.807) is 49.4 Å². The van der Waals surface area contributed by atoms with Crippen LogP contribution in [0.1, 0.15) is 77.0 Å². The minimum Gasteiger partial charge on any atom is -0.462 e. The number of nitriles is 2. The van der Waals surface area contributed by atoms with Crippen LogP contribution in [0, 0.1) is 40.9 Å². The van der Waals surface area contributed by atoms with Crippen LogP contribution in [-0.2, 0) is 11.2 Å². The van der Waals surface area contributed by atoms with E-state index in [1.165, 1.54) is 12.1 Å². The molecule has 0 radical (unpaired) electrons. The smallest absolute Gasteiger partial charge is 0.393 e. The third-order valence-corrected chi connectivity index (χ3v) is 7.15. The highest BCUT2D eigenvalue weighted by molar-refractivity contribution is 5.85. The van der Waals surface area contributed by atoms with Gasteiger partial charge in [0.2, 0.25) is 0 Å². The van der Waals surface area contributed by atoms with Gasteiger partial charge in [-0.2, -0.15) is 23.7 Å². The first-order valence-corrected chi connectivity index (χ1v) is 14.9. The van der Waals surface area contributed by atoms with Crippen LogP contribution in [0.25, 0.3) is 5.57 Å². The van der Waals surface area contributed by atoms with Gasteiger partial charge >= 0.3 is 6.18 Å². The van der Waals surface area contributed by atoms with Crippen molar-refractivity contribution >= 4 is 5.57 Å². The molecule has 1 aromatic carbocycles. The van der Waals surface area contributed by atoms with Gasteiger partial charge in [0.1, 0.15) is 29.9 Å². The highest BCUT2D eigenvalue weighted by Gasteiger charge is 2.29. The molecule has 2 N–H and O–H groups in total. The van der Waals surface area contributed by atoms with Crippen LogP contribution in [0.4, 0.5) is 13.2 Å². The number of rotatable bonds is 11. The zero-order valence-electron chi connectivity index (χ0n) is 26.6. The van der Waals surface area contributed by atoms with Gasteiger partial charge < -0.3 is 9.84 Å². The van der Waals surface area contributed by atoms with Gasteiger partial charge in [-0.15, -0.1) is 0 Å². The second-order valence-corrected chi connectivity index (χ2v) is 12.0. The van der Waals surface area contributed by atoms with Crippen molar-refractivity contribution in [3.05, 3.63) is 100 Å². The molecule has 0 saturated heterocycles. The number of aryl methyl sites for hydroxylation is 1. The highest BCUT2D eigenvalue weighted by Crippen LogP contribution is 2.37. The number of unbranched alkanes of at least 4 members (excludes halogenated alkanes) is 1. The van der Waals surface area contributed by atoms with E-state index in [4.69, 9.17) is 4.74 Å². The summed E-state index contributed by atoms with van der Waals surface area (Å²) in [5.74, 6) is 0.941. The summed E-state index contributed by atoms with van der Waals surface area (Å²) in [4.78, 5) is 0. The second-order valence-electron chi connectivity index (χ2n) is 12.0. The first-order valence-electron chi connectivity index (χ1n) is 14.9. The summed E-state index contributed by atoms with van der Waals surface area (Å²) >= 11 is 0. The van der Waals surface area contributed by atoms with Crippen molar-refractivity contribution < 1.29 is 23.0 Å². The van der Waals surface area contributed by atoms with E-state index >= 15 is 0 Å². The average Bonchev–Trinajstić information content (AvgIpc) is 2.92. The maximum absolute atomic E-state index is 13.4. The van der Waals surface area contributed by atoms with Crippen LogP contribution < -0.4 is 5.32 Å². The van der Waals surface area contributed by atoms with Gasteiger partial charge in [0.25, 0.3) is 0 Å². The summed E-state index contributed by atoms with van der Waals surface area (Å²) in [5.41, 5.74) is 1.28. The fraction of sp³-hybridized carbons (Fsp3) is 0.444. The number of aliphatic hydroxyl groups excluding tert-OH is 1. The van der Waals surface area contributed by atoms with Gasteiger partial charge in [-0.3, -0.25) is 5.32 Å². The summed E-state index contributed by atoms with van der Waals surface area (Å²) in [6.07, 6.45) is 8.86. The lowest BCUT2D eigenvalue weighted by atomic mass is 9.77. The van der Waals surface area contributed by atoms with Gasteiger partial charge in [-0.1, -0.05) is 76.1 Å². The molecule has 2 unspecified atom stereocenters. The monoisotopic (exact) mass is 607 g/mol. The Balaban J connectivity index is 2.70. The number of halogens is 3. The first kappa shape index (κ1) is 36.3. The van der Waals surface area contributed by atoms with Crippen molar-refractivity contribution in [1.29, 1.82) is 10.5 Å². The van der Waals surface area contributed by atoms with E-state index in [2.05, 4.69) is 45.2 Å². The topological polar surface area (TPSA) is 89.1 Å². The standard InChI is InChI=1S/C36H44F3N3O2/c1-7-9-16-42-34(43)15-11-14-30(8-2)44-31-20-29(35(4,5)6)13-10-12-27(23-40)33(24-41)32(21-31)28-18-25(3)17-26(19-28)22-36(37,38)39/h8,10-14,17-19,21,29,34,42-43H,7,9,15-16,20,22H2,1-6H3/b13-10+,14-11-,27-12-,30-8+,31-21-,33-32+. The Morgan fingerprint density at radius 3 is 2.50 bits per heavy atom. The summed E-state index contributed by atoms with van der Waals surface area (Å²) in [7, 11) is 0. The van der Waals surface area contributed by atoms with E-state index in [9.17, 15) is 28.8 Å². The minimum absolute atomic E-state index is 0.0369. The fourth-order valence-corrected chi connectivity index (χ4v) is 4.73. The third-order valence-electron chi connectivity index (χ3n) is 7.15. The third kappa shape index (κ3) is 12.0. The molecule has 5 nitrogen and oxygen atoms in total. The van der Waals surface area contributed by atoms with Crippen molar-refractivity contribution in [2.24, 2.45) is 11.3 Å². The van der Waals surface area contributed by atoms with Crippen molar-refractivity contribution in [2.75, 3.05) is 6.54 Å². The number of ether oxygens (including phenoxy) is 1. The van der Waals surface area contributed by atoms with E-state index in [0.29, 0.717) is 47.6 Å². The van der Waals surface area contributed by atoms with E-state index < -0.39 is 18.8 Å². The molecule has 0 saturated carbocycles. The number of aliphatic hydroxyl groups is 1. The number of allylic oxidation sites excluding steroid dienone is 10. The number of alkyl halides is 3. The Hall–Kier alpha value is -3.85. The van der Waals surface area contributed by atoms with Gasteiger partial charge in [-0.25, -0.2) is 0 Å². The molecule has 0 fully saturated rings. The van der Waals surface area contributed by atoms with Crippen LogP contribution in [-0.4, -0.2) is 24.1 Å². The highest BCUT2D eigenvalue weighted by atomic mass is 19.4. The van der Waals surface area contributed by atoms with Crippen molar-refractivity contribution in [2.45, 2.75) is 86.1 Å². The van der Waals surface area contributed by atoms with Crippen LogP contribution in [0.3, 0.4) is 0 Å². The Bertz CT molecular complexity index is 1410. The number of benzene rings is 1. The maximum Gasteiger partial charge on any atom is 0.393 e. The molecular weight excluding hydrogens is 563 g/mol. The van der Waals surface area contributed by atoms with Gasteiger partial charge in [0.15, 0.2) is 0 Å². The molecule has 2 atom stereocenters. The number of hydrogen-bond donors (Lipinski definition) is 2. The van der Waals surface area contributed by atoms with Crippen LogP contribution in [0.2, 0.25) is 0 Å². The molecule has 0 heterocycles. The number of nitrogens with one attached hydrogen (secondary N) is 1. The Morgan fingerprint density at radius 2 is 1.91 bits per heavy atom. The van der Waals surface area contributed by atoms with Crippen molar-refractivity contribution in [3.63, 3.8) is 0 Å². The quantitative estimate of drug-likeness (QED) is 0.113. The zero-order chi connectivity index (χ0) is 32.9.